The van der Waals surface area contributed by atoms with Crippen LogP contribution in [0.1, 0.15) is 41.6 Å². The number of carboxylic acid groups (broad SMARTS) is 1. The van der Waals surface area contributed by atoms with Crippen LogP contribution in [0.2, 0.25) is 0 Å². The molecule has 4 heteroatoms. The van der Waals surface area contributed by atoms with Gasteiger partial charge < -0.3 is 5.11 Å². The fraction of sp³-hybridized carbons (Fsp3) is 0.588. The Bertz CT molecular complexity index is 472. The van der Waals surface area contributed by atoms with Gasteiger partial charge in [-0.3, -0.25) is 9.80 Å². The largest absolute Gasteiger partial charge is 0.478 e. The van der Waals surface area contributed by atoms with Gasteiger partial charge in [0.25, 0.3) is 0 Å². The lowest BCUT2D eigenvalue weighted by Gasteiger charge is -2.38. The number of aromatic carboxylic acids is 1. The topological polar surface area (TPSA) is 43.8 Å². The van der Waals surface area contributed by atoms with Crippen molar-refractivity contribution >= 4 is 5.97 Å². The second kappa shape index (κ2) is 6.58. The summed E-state index contributed by atoms with van der Waals surface area (Å²) in [6.07, 6.45) is 5.58. The summed E-state index contributed by atoms with van der Waals surface area (Å²) in [5.41, 5.74) is 1.57. The van der Waals surface area contributed by atoms with Crippen LogP contribution < -0.4 is 0 Å². The fourth-order valence-electron chi connectivity index (χ4n) is 3.57. The summed E-state index contributed by atoms with van der Waals surface area (Å²) >= 11 is 0. The van der Waals surface area contributed by atoms with Gasteiger partial charge in [-0.25, -0.2) is 4.79 Å². The SMILES string of the molecule is O=C(O)c1ccc(CN2CCN(C3CCCC3)CC2)cc1. The molecule has 0 spiro atoms. The third-order valence-corrected chi connectivity index (χ3v) is 4.86. The lowest BCUT2D eigenvalue weighted by Crippen LogP contribution is -2.49. The molecule has 21 heavy (non-hydrogen) atoms. The molecule has 0 radical (unpaired) electrons. The second-order valence-corrected chi connectivity index (χ2v) is 6.25. The van der Waals surface area contributed by atoms with E-state index in [1.165, 1.54) is 44.3 Å². The van der Waals surface area contributed by atoms with Gasteiger partial charge in [-0.2, -0.15) is 0 Å². The van der Waals surface area contributed by atoms with E-state index >= 15 is 0 Å². The van der Waals surface area contributed by atoms with E-state index in [0.717, 1.165) is 25.7 Å². The fourth-order valence-corrected chi connectivity index (χ4v) is 3.57. The number of piperazine rings is 1. The summed E-state index contributed by atoms with van der Waals surface area (Å²) < 4.78 is 0. The van der Waals surface area contributed by atoms with E-state index in [-0.39, 0.29) is 0 Å². The number of nitrogens with zero attached hydrogens (tertiary/aromatic N) is 2. The van der Waals surface area contributed by atoms with E-state index < -0.39 is 5.97 Å². The molecule has 1 aromatic carbocycles. The molecular weight excluding hydrogens is 264 g/mol. The van der Waals surface area contributed by atoms with Crippen molar-refractivity contribution in [1.82, 2.24) is 9.80 Å². The van der Waals surface area contributed by atoms with Crippen LogP contribution in [0.4, 0.5) is 0 Å². The molecule has 4 nitrogen and oxygen atoms in total. The van der Waals surface area contributed by atoms with E-state index in [2.05, 4.69) is 9.80 Å². The normalized spacial score (nSPS) is 21.7. The maximum Gasteiger partial charge on any atom is 0.335 e. The van der Waals surface area contributed by atoms with Gasteiger partial charge in [0.05, 0.1) is 5.56 Å². The predicted octanol–water partition coefficient (Wildman–Crippen LogP) is 2.45. The summed E-state index contributed by atoms with van der Waals surface area (Å²) in [6.45, 7) is 5.53. The first-order chi connectivity index (χ1) is 10.2. The molecule has 2 aliphatic rings. The van der Waals surface area contributed by atoms with Gasteiger partial charge in [-0.05, 0) is 30.5 Å². The van der Waals surface area contributed by atoms with Gasteiger partial charge in [-0.15, -0.1) is 0 Å². The minimum absolute atomic E-state index is 0.366. The Labute approximate surface area is 126 Å². The molecule has 1 aromatic rings. The van der Waals surface area contributed by atoms with E-state index in [9.17, 15) is 4.79 Å². The average molecular weight is 288 g/mol. The van der Waals surface area contributed by atoms with Crippen molar-refractivity contribution < 1.29 is 9.90 Å². The quantitative estimate of drug-likeness (QED) is 0.924. The lowest BCUT2D eigenvalue weighted by atomic mass is 10.1. The zero-order valence-electron chi connectivity index (χ0n) is 12.5. The average Bonchev–Trinajstić information content (AvgIpc) is 3.03. The summed E-state index contributed by atoms with van der Waals surface area (Å²) in [7, 11) is 0. The number of rotatable bonds is 4. The Morgan fingerprint density at radius 1 is 1.05 bits per heavy atom. The van der Waals surface area contributed by atoms with Crippen molar-refractivity contribution in [3.05, 3.63) is 35.4 Å². The summed E-state index contributed by atoms with van der Waals surface area (Å²) in [6, 6.07) is 8.11. The minimum Gasteiger partial charge on any atom is -0.478 e. The highest BCUT2D eigenvalue weighted by atomic mass is 16.4. The maximum absolute atomic E-state index is 10.8. The van der Waals surface area contributed by atoms with Gasteiger partial charge in [0.2, 0.25) is 0 Å². The van der Waals surface area contributed by atoms with Crippen LogP contribution in [0.15, 0.2) is 24.3 Å². The Morgan fingerprint density at radius 3 is 2.24 bits per heavy atom. The van der Waals surface area contributed by atoms with Crippen LogP contribution in [-0.2, 0) is 6.54 Å². The van der Waals surface area contributed by atoms with Crippen LogP contribution in [-0.4, -0.2) is 53.1 Å². The van der Waals surface area contributed by atoms with E-state index in [1.807, 2.05) is 12.1 Å². The molecule has 0 unspecified atom stereocenters. The third-order valence-electron chi connectivity index (χ3n) is 4.86. The van der Waals surface area contributed by atoms with Gasteiger partial charge in [0.1, 0.15) is 0 Å². The number of carbonyl (C=O) groups is 1. The molecule has 1 N–H and O–H groups in total. The van der Waals surface area contributed by atoms with Crippen LogP contribution >= 0.6 is 0 Å². The van der Waals surface area contributed by atoms with E-state index in [1.54, 1.807) is 12.1 Å². The molecule has 1 saturated carbocycles. The smallest absolute Gasteiger partial charge is 0.335 e. The Balaban J connectivity index is 1.49. The van der Waals surface area contributed by atoms with Crippen LogP contribution in [0.25, 0.3) is 0 Å². The molecule has 114 valence electrons. The molecular formula is C17H24N2O2. The molecule has 0 atom stereocenters. The molecule has 3 rings (SSSR count). The molecule has 1 heterocycles. The Morgan fingerprint density at radius 2 is 1.67 bits per heavy atom. The number of hydrogen-bond donors (Lipinski definition) is 1. The monoisotopic (exact) mass is 288 g/mol. The maximum atomic E-state index is 10.8. The van der Waals surface area contributed by atoms with Crippen molar-refractivity contribution in [3.8, 4) is 0 Å². The highest BCUT2D eigenvalue weighted by Crippen LogP contribution is 2.24. The second-order valence-electron chi connectivity index (χ2n) is 6.25. The Kier molecular flexibility index (Phi) is 4.56. The molecule has 1 aliphatic heterocycles. The Hall–Kier alpha value is -1.39. The number of carboxylic acids is 1. The first-order valence-corrected chi connectivity index (χ1v) is 8.01. The zero-order valence-corrected chi connectivity index (χ0v) is 12.5. The minimum atomic E-state index is -0.855. The van der Waals surface area contributed by atoms with Gasteiger partial charge >= 0.3 is 5.97 Å². The van der Waals surface area contributed by atoms with Crippen LogP contribution in [0, 0.1) is 0 Å². The predicted molar refractivity (Wildman–Crippen MR) is 82.5 cm³/mol. The molecule has 1 saturated heterocycles. The summed E-state index contributed by atoms with van der Waals surface area (Å²) in [4.78, 5) is 16.0. The molecule has 0 aromatic heterocycles. The van der Waals surface area contributed by atoms with Crippen LogP contribution in [0.5, 0.6) is 0 Å². The standard InChI is InChI=1S/C17H24N2O2/c20-17(21)15-7-5-14(6-8-15)13-18-9-11-19(12-10-18)16-3-1-2-4-16/h5-8,16H,1-4,9-13H2,(H,20,21). The number of benzene rings is 1. The van der Waals surface area contributed by atoms with Gasteiger partial charge in [-0.1, -0.05) is 25.0 Å². The van der Waals surface area contributed by atoms with Gasteiger partial charge in [0.15, 0.2) is 0 Å². The van der Waals surface area contributed by atoms with Crippen molar-refractivity contribution in [2.75, 3.05) is 26.2 Å². The first-order valence-electron chi connectivity index (χ1n) is 8.01. The third kappa shape index (κ3) is 3.63. The van der Waals surface area contributed by atoms with Crippen molar-refractivity contribution in [3.63, 3.8) is 0 Å². The van der Waals surface area contributed by atoms with Crippen molar-refractivity contribution in [2.24, 2.45) is 0 Å². The molecule has 1 aliphatic carbocycles. The van der Waals surface area contributed by atoms with Crippen molar-refractivity contribution in [1.29, 1.82) is 0 Å². The van der Waals surface area contributed by atoms with Gasteiger partial charge in [0, 0.05) is 38.8 Å². The lowest BCUT2D eigenvalue weighted by molar-refractivity contribution is 0.0697. The highest BCUT2D eigenvalue weighted by Gasteiger charge is 2.25. The van der Waals surface area contributed by atoms with Crippen LogP contribution in [0.3, 0.4) is 0 Å². The first kappa shape index (κ1) is 14.5. The molecule has 0 amide bonds. The van der Waals surface area contributed by atoms with E-state index in [0.29, 0.717) is 5.56 Å². The molecule has 0 bridgehead atoms. The van der Waals surface area contributed by atoms with E-state index in [4.69, 9.17) is 5.11 Å². The summed E-state index contributed by atoms with van der Waals surface area (Å²) in [5, 5.41) is 8.91. The zero-order chi connectivity index (χ0) is 14.7. The molecule has 2 fully saturated rings. The summed E-state index contributed by atoms with van der Waals surface area (Å²) in [5.74, 6) is -0.855. The number of hydrogen-bond acceptors (Lipinski definition) is 3. The van der Waals surface area contributed by atoms with Crippen molar-refractivity contribution in [2.45, 2.75) is 38.3 Å². The highest BCUT2D eigenvalue weighted by molar-refractivity contribution is 5.87.